The molecular weight excluding hydrogens is 462 g/mol. The van der Waals surface area contributed by atoms with Crippen molar-refractivity contribution in [2.45, 2.75) is 11.3 Å². The Morgan fingerprint density at radius 2 is 1.97 bits per heavy atom. The number of aromatic nitrogens is 3. The molecule has 1 N–H and O–H groups in total. The number of carbonyl (C=O) groups is 2. The minimum atomic E-state index is -0.869. The van der Waals surface area contributed by atoms with Crippen molar-refractivity contribution in [1.29, 1.82) is 0 Å². The van der Waals surface area contributed by atoms with E-state index in [4.69, 9.17) is 4.52 Å². The van der Waals surface area contributed by atoms with E-state index in [1.807, 2.05) is 4.90 Å². The van der Waals surface area contributed by atoms with Gasteiger partial charge >= 0.3 is 0 Å². The molecule has 3 aromatic rings. The first-order valence-corrected chi connectivity index (χ1v) is 11.4. The van der Waals surface area contributed by atoms with Gasteiger partial charge in [0.1, 0.15) is 17.4 Å². The fraction of sp³-hybridized carbons (Fsp3) is 0.316. The highest BCUT2D eigenvalue weighted by molar-refractivity contribution is 8.01. The zero-order valence-electron chi connectivity index (χ0n) is 16.9. The van der Waals surface area contributed by atoms with Gasteiger partial charge in [-0.05, 0) is 19.1 Å². The van der Waals surface area contributed by atoms with Crippen molar-refractivity contribution in [2.24, 2.45) is 0 Å². The number of nitrogens with one attached hydrogen (secondary N) is 1. The van der Waals surface area contributed by atoms with Crippen molar-refractivity contribution in [3.63, 3.8) is 0 Å². The van der Waals surface area contributed by atoms with Gasteiger partial charge in [0.15, 0.2) is 10.2 Å². The molecule has 32 heavy (non-hydrogen) atoms. The van der Waals surface area contributed by atoms with Crippen molar-refractivity contribution in [3.05, 3.63) is 47.2 Å². The van der Waals surface area contributed by atoms with Gasteiger partial charge in [0.2, 0.25) is 11.0 Å². The average molecular weight is 481 g/mol. The Morgan fingerprint density at radius 3 is 2.66 bits per heavy atom. The molecule has 4 rings (SSSR count). The summed E-state index contributed by atoms with van der Waals surface area (Å²) in [5.41, 5.74) is -0.145. The Balaban J connectivity index is 1.27. The van der Waals surface area contributed by atoms with Gasteiger partial charge in [-0.15, -0.1) is 10.2 Å². The highest BCUT2D eigenvalue weighted by Gasteiger charge is 2.26. The molecule has 1 saturated heterocycles. The predicted octanol–water partition coefficient (Wildman–Crippen LogP) is 2.81. The van der Waals surface area contributed by atoms with Crippen LogP contribution in [0.15, 0.2) is 33.1 Å². The lowest BCUT2D eigenvalue weighted by atomic mass is 10.1. The smallest absolute Gasteiger partial charge is 0.256 e. The average Bonchev–Trinajstić information content (AvgIpc) is 3.41. The molecule has 0 atom stereocenters. The molecule has 0 saturated carbocycles. The topological polar surface area (TPSA) is 104 Å². The van der Waals surface area contributed by atoms with E-state index >= 15 is 0 Å². The zero-order chi connectivity index (χ0) is 22.7. The van der Waals surface area contributed by atoms with Gasteiger partial charge in [-0.25, -0.2) is 8.78 Å². The van der Waals surface area contributed by atoms with Crippen LogP contribution in [0.4, 0.5) is 19.7 Å². The molecule has 13 heteroatoms. The second-order valence-corrected chi connectivity index (χ2v) is 9.09. The summed E-state index contributed by atoms with van der Waals surface area (Å²) in [7, 11) is 0. The van der Waals surface area contributed by atoms with Gasteiger partial charge in [-0.3, -0.25) is 9.59 Å². The van der Waals surface area contributed by atoms with Crippen LogP contribution in [0.1, 0.15) is 16.1 Å². The maximum Gasteiger partial charge on any atom is 0.256 e. The Kier molecular flexibility index (Phi) is 6.65. The number of aryl methyl sites for hydroxylation is 1. The van der Waals surface area contributed by atoms with E-state index < -0.39 is 17.5 Å². The standard InChI is InChI=1S/C19H18F2N6O3S2/c1-11-8-15(25-30-11)22-16(28)10-31-19-24-23-18(32-19)27-6-4-26(5-7-27)17(29)13-3-2-12(20)9-14(13)21/h2-3,8-9H,4-7,10H2,1H3,(H,22,25,28). The fourth-order valence-electron chi connectivity index (χ4n) is 3.05. The Bertz CT molecular complexity index is 1130. The number of amides is 2. The molecule has 3 heterocycles. The Labute approximate surface area is 189 Å². The van der Waals surface area contributed by atoms with E-state index in [9.17, 15) is 18.4 Å². The minimum Gasteiger partial charge on any atom is -0.360 e. The molecular formula is C19H18F2N6O3S2. The molecule has 2 aromatic heterocycles. The SMILES string of the molecule is Cc1cc(NC(=O)CSc2nnc(N3CCN(C(=O)c4ccc(F)cc4F)CC3)s2)no1. The molecule has 168 valence electrons. The fourth-order valence-corrected chi connectivity index (χ4v) is 4.75. The maximum atomic E-state index is 13.9. The number of carbonyl (C=O) groups excluding carboxylic acids is 2. The molecule has 1 aromatic carbocycles. The minimum absolute atomic E-state index is 0.145. The van der Waals surface area contributed by atoms with E-state index in [2.05, 4.69) is 20.7 Å². The molecule has 2 amide bonds. The van der Waals surface area contributed by atoms with Crippen LogP contribution < -0.4 is 10.2 Å². The Morgan fingerprint density at radius 1 is 1.19 bits per heavy atom. The number of piperazine rings is 1. The van der Waals surface area contributed by atoms with Gasteiger partial charge in [0.05, 0.1) is 11.3 Å². The van der Waals surface area contributed by atoms with Crippen molar-refractivity contribution in [3.8, 4) is 0 Å². The summed E-state index contributed by atoms with van der Waals surface area (Å²) >= 11 is 2.61. The quantitative estimate of drug-likeness (QED) is 0.537. The molecule has 0 aliphatic carbocycles. The van der Waals surface area contributed by atoms with Crippen molar-refractivity contribution in [2.75, 3.05) is 42.1 Å². The van der Waals surface area contributed by atoms with Crippen molar-refractivity contribution < 1.29 is 22.9 Å². The number of benzene rings is 1. The monoisotopic (exact) mass is 480 g/mol. The molecule has 1 fully saturated rings. The lowest BCUT2D eigenvalue weighted by Crippen LogP contribution is -2.49. The van der Waals surface area contributed by atoms with Crippen molar-refractivity contribution in [1.82, 2.24) is 20.3 Å². The molecule has 9 nitrogen and oxygen atoms in total. The molecule has 0 unspecified atom stereocenters. The van der Waals surface area contributed by atoms with Crippen LogP contribution in [-0.2, 0) is 4.79 Å². The molecule has 0 bridgehead atoms. The number of nitrogens with zero attached hydrogens (tertiary/aromatic N) is 5. The second-order valence-electron chi connectivity index (χ2n) is 6.91. The maximum absolute atomic E-state index is 13.9. The van der Waals surface area contributed by atoms with Gasteiger partial charge in [-0.1, -0.05) is 28.3 Å². The third-order valence-corrected chi connectivity index (χ3v) is 6.73. The van der Waals surface area contributed by atoms with Crippen LogP contribution in [0, 0.1) is 18.6 Å². The number of thioether (sulfide) groups is 1. The molecule has 1 aliphatic rings. The van der Waals surface area contributed by atoms with E-state index in [-0.39, 0.29) is 17.2 Å². The highest BCUT2D eigenvalue weighted by atomic mass is 32.2. The van der Waals surface area contributed by atoms with Crippen LogP contribution in [0.25, 0.3) is 0 Å². The van der Waals surface area contributed by atoms with Crippen LogP contribution in [-0.4, -0.2) is 64.0 Å². The van der Waals surface area contributed by atoms with Gasteiger partial charge in [0.25, 0.3) is 5.91 Å². The van der Waals surface area contributed by atoms with E-state index in [1.54, 1.807) is 13.0 Å². The van der Waals surface area contributed by atoms with Crippen molar-refractivity contribution >= 4 is 45.9 Å². The van der Waals surface area contributed by atoms with Crippen LogP contribution in [0.2, 0.25) is 0 Å². The number of anilines is 2. The lowest BCUT2D eigenvalue weighted by molar-refractivity contribution is -0.113. The van der Waals surface area contributed by atoms with E-state index in [1.165, 1.54) is 28.0 Å². The number of rotatable bonds is 6. The number of hydrogen-bond acceptors (Lipinski definition) is 9. The van der Waals surface area contributed by atoms with E-state index in [0.29, 0.717) is 53.3 Å². The van der Waals surface area contributed by atoms with E-state index in [0.717, 1.165) is 12.1 Å². The summed E-state index contributed by atoms with van der Waals surface area (Å²) in [6.07, 6.45) is 0. The molecule has 0 radical (unpaired) electrons. The first-order chi connectivity index (χ1) is 15.4. The Hall–Kier alpha value is -3.06. The first kappa shape index (κ1) is 22.1. The zero-order valence-corrected chi connectivity index (χ0v) is 18.5. The second kappa shape index (κ2) is 9.61. The number of hydrogen-bond donors (Lipinski definition) is 1. The van der Waals surface area contributed by atoms with Crippen LogP contribution in [0.5, 0.6) is 0 Å². The third kappa shape index (κ3) is 5.22. The summed E-state index contributed by atoms with van der Waals surface area (Å²) in [4.78, 5) is 28.0. The largest absolute Gasteiger partial charge is 0.360 e. The summed E-state index contributed by atoms with van der Waals surface area (Å²) in [6.45, 7) is 3.48. The lowest BCUT2D eigenvalue weighted by Gasteiger charge is -2.34. The normalized spacial score (nSPS) is 14.0. The van der Waals surface area contributed by atoms with Gasteiger partial charge in [-0.2, -0.15) is 0 Å². The summed E-state index contributed by atoms with van der Waals surface area (Å²) in [5, 5.41) is 15.3. The van der Waals surface area contributed by atoms with Crippen LogP contribution >= 0.6 is 23.1 Å². The highest BCUT2D eigenvalue weighted by Crippen LogP contribution is 2.29. The summed E-state index contributed by atoms with van der Waals surface area (Å²) in [5.74, 6) is -1.19. The third-order valence-electron chi connectivity index (χ3n) is 4.62. The first-order valence-electron chi connectivity index (χ1n) is 9.58. The van der Waals surface area contributed by atoms with Gasteiger partial charge in [0, 0.05) is 38.3 Å². The van der Waals surface area contributed by atoms with Crippen LogP contribution in [0.3, 0.4) is 0 Å². The summed E-state index contributed by atoms with van der Waals surface area (Å²) in [6, 6.07) is 4.56. The molecule has 0 spiro atoms. The predicted molar refractivity (Wildman–Crippen MR) is 115 cm³/mol. The summed E-state index contributed by atoms with van der Waals surface area (Å²) < 4.78 is 32.5. The van der Waals surface area contributed by atoms with Gasteiger partial charge < -0.3 is 19.6 Å². The molecule has 1 aliphatic heterocycles. The number of halogens is 2.